The Kier molecular flexibility index (Phi) is 4.93. The first-order valence-corrected chi connectivity index (χ1v) is 8.08. The molecule has 1 atom stereocenters. The molecular weight excluding hydrogens is 355 g/mol. The standard InChI is InChI=1S/C16H12F3N3O2S/c17-16(18,19)14(15(23)20-10-5-2-1-3-6-10)25-13-9-11(21-22-13)12-7-4-8-24-12/h1-8,14H,9H2,(H,20,23). The Balaban J connectivity index is 1.67. The Morgan fingerprint density at radius 3 is 2.56 bits per heavy atom. The van der Waals surface area contributed by atoms with Crippen LogP contribution < -0.4 is 5.32 Å². The average molecular weight is 367 g/mol. The maximum absolute atomic E-state index is 13.3. The number of anilines is 1. The Morgan fingerprint density at radius 1 is 1.16 bits per heavy atom. The smallest absolute Gasteiger partial charge is 0.409 e. The summed E-state index contributed by atoms with van der Waals surface area (Å²) in [6.07, 6.45) is -3.20. The van der Waals surface area contributed by atoms with Crippen LogP contribution in [0.4, 0.5) is 18.9 Å². The van der Waals surface area contributed by atoms with Crippen LogP contribution in [0.25, 0.3) is 0 Å². The molecule has 0 aliphatic carbocycles. The number of nitrogens with zero attached hydrogens (tertiary/aromatic N) is 2. The summed E-state index contributed by atoms with van der Waals surface area (Å²) in [7, 11) is 0. The molecule has 9 heteroatoms. The van der Waals surface area contributed by atoms with Gasteiger partial charge in [-0.05, 0) is 24.3 Å². The fourth-order valence-corrected chi connectivity index (χ4v) is 2.99. The van der Waals surface area contributed by atoms with Gasteiger partial charge in [0, 0.05) is 12.1 Å². The van der Waals surface area contributed by atoms with Gasteiger partial charge in [0.25, 0.3) is 0 Å². The summed E-state index contributed by atoms with van der Waals surface area (Å²) in [5.74, 6) is -0.713. The van der Waals surface area contributed by atoms with Crippen molar-refractivity contribution < 1.29 is 22.4 Å². The normalized spacial score (nSPS) is 15.5. The third-order valence-electron chi connectivity index (χ3n) is 3.24. The highest BCUT2D eigenvalue weighted by Crippen LogP contribution is 2.34. The number of hydrogen-bond acceptors (Lipinski definition) is 5. The van der Waals surface area contributed by atoms with E-state index in [-0.39, 0.29) is 11.5 Å². The predicted molar refractivity (Wildman–Crippen MR) is 89.8 cm³/mol. The highest BCUT2D eigenvalue weighted by Gasteiger charge is 2.47. The number of amides is 1. The molecule has 1 aromatic heterocycles. The summed E-state index contributed by atoms with van der Waals surface area (Å²) in [6.45, 7) is 0. The van der Waals surface area contributed by atoms with E-state index in [2.05, 4.69) is 15.5 Å². The Hall–Kier alpha value is -2.55. The van der Waals surface area contributed by atoms with E-state index < -0.39 is 17.3 Å². The van der Waals surface area contributed by atoms with Crippen molar-refractivity contribution in [3.63, 3.8) is 0 Å². The van der Waals surface area contributed by atoms with E-state index in [1.54, 1.807) is 30.3 Å². The van der Waals surface area contributed by atoms with Gasteiger partial charge >= 0.3 is 6.18 Å². The van der Waals surface area contributed by atoms with Crippen LogP contribution in [0.2, 0.25) is 0 Å². The van der Waals surface area contributed by atoms with Crippen molar-refractivity contribution in [2.24, 2.45) is 10.2 Å². The molecule has 5 nitrogen and oxygen atoms in total. The molecule has 2 aromatic rings. The zero-order chi connectivity index (χ0) is 17.9. The van der Waals surface area contributed by atoms with E-state index in [0.29, 0.717) is 28.9 Å². The summed E-state index contributed by atoms with van der Waals surface area (Å²) in [5.41, 5.74) is 0.722. The molecular formula is C16H12F3N3O2S. The fraction of sp³-hybridized carbons (Fsp3) is 0.188. The van der Waals surface area contributed by atoms with E-state index in [0.717, 1.165) is 0 Å². The second-order valence-corrected chi connectivity index (χ2v) is 6.27. The van der Waals surface area contributed by atoms with Gasteiger partial charge in [-0.2, -0.15) is 18.3 Å². The molecule has 0 spiro atoms. The number of alkyl halides is 3. The fourth-order valence-electron chi connectivity index (χ4n) is 2.11. The maximum Gasteiger partial charge on any atom is 0.409 e. The molecule has 1 N–H and O–H groups in total. The second kappa shape index (κ2) is 7.14. The van der Waals surface area contributed by atoms with E-state index in [9.17, 15) is 18.0 Å². The quantitative estimate of drug-likeness (QED) is 0.885. The zero-order valence-corrected chi connectivity index (χ0v) is 13.5. The SMILES string of the molecule is O=C(Nc1ccccc1)C(SC1=NN=C(c2ccco2)C1)C(F)(F)F. The molecule has 25 heavy (non-hydrogen) atoms. The molecule has 2 heterocycles. The Labute approximate surface area is 145 Å². The van der Waals surface area contributed by atoms with Crippen LogP contribution in [-0.2, 0) is 4.79 Å². The molecule has 3 rings (SSSR count). The molecule has 0 bridgehead atoms. The van der Waals surface area contributed by atoms with Gasteiger partial charge in [0.2, 0.25) is 5.91 Å². The van der Waals surface area contributed by atoms with Crippen molar-refractivity contribution in [1.29, 1.82) is 0 Å². The minimum absolute atomic E-state index is 0.0867. The van der Waals surface area contributed by atoms with E-state index in [1.807, 2.05) is 0 Å². The van der Waals surface area contributed by atoms with Crippen LogP contribution >= 0.6 is 11.8 Å². The number of para-hydroxylation sites is 1. The number of rotatable bonds is 4. The molecule has 0 saturated heterocycles. The predicted octanol–water partition coefficient (Wildman–Crippen LogP) is 4.09. The van der Waals surface area contributed by atoms with Crippen molar-refractivity contribution in [3.8, 4) is 0 Å². The van der Waals surface area contributed by atoms with Gasteiger partial charge in [-0.3, -0.25) is 4.79 Å². The summed E-state index contributed by atoms with van der Waals surface area (Å²) < 4.78 is 45.1. The number of carbonyl (C=O) groups is 1. The molecule has 1 aliphatic heterocycles. The molecule has 0 radical (unpaired) electrons. The van der Waals surface area contributed by atoms with Crippen LogP contribution in [0.1, 0.15) is 12.2 Å². The van der Waals surface area contributed by atoms with E-state index >= 15 is 0 Å². The van der Waals surface area contributed by atoms with Gasteiger partial charge in [-0.25, -0.2) is 0 Å². The molecule has 1 aliphatic rings. The Bertz CT molecular complexity index is 802. The molecule has 1 unspecified atom stereocenters. The first-order chi connectivity index (χ1) is 11.9. The second-order valence-electron chi connectivity index (χ2n) is 5.09. The summed E-state index contributed by atoms with van der Waals surface area (Å²) in [6, 6.07) is 11.3. The summed E-state index contributed by atoms with van der Waals surface area (Å²) in [4.78, 5) is 12.1. The van der Waals surface area contributed by atoms with Crippen LogP contribution in [-0.4, -0.2) is 28.1 Å². The summed E-state index contributed by atoms with van der Waals surface area (Å²) in [5, 5.41) is 7.67. The largest absolute Gasteiger partial charge is 0.463 e. The van der Waals surface area contributed by atoms with Crippen molar-refractivity contribution in [3.05, 3.63) is 54.5 Å². The topological polar surface area (TPSA) is 67.0 Å². The van der Waals surface area contributed by atoms with Crippen LogP contribution in [0.3, 0.4) is 0 Å². The Morgan fingerprint density at radius 2 is 1.92 bits per heavy atom. The molecule has 130 valence electrons. The molecule has 0 fully saturated rings. The van der Waals surface area contributed by atoms with Crippen LogP contribution in [0, 0.1) is 0 Å². The highest BCUT2D eigenvalue weighted by atomic mass is 32.2. The van der Waals surface area contributed by atoms with Crippen LogP contribution in [0.15, 0.2) is 63.3 Å². The lowest BCUT2D eigenvalue weighted by molar-refractivity contribution is -0.146. The number of halogens is 3. The molecule has 1 aromatic carbocycles. The number of carbonyl (C=O) groups excluding carboxylic acids is 1. The number of nitrogens with one attached hydrogen (secondary N) is 1. The molecule has 0 saturated carbocycles. The van der Waals surface area contributed by atoms with Crippen molar-refractivity contribution in [2.75, 3.05) is 5.32 Å². The lowest BCUT2D eigenvalue weighted by Gasteiger charge is -2.19. The first-order valence-electron chi connectivity index (χ1n) is 7.20. The number of hydrogen-bond donors (Lipinski definition) is 1. The van der Waals surface area contributed by atoms with Gasteiger partial charge in [0.05, 0.1) is 6.26 Å². The highest BCUT2D eigenvalue weighted by molar-refractivity contribution is 8.15. The van der Waals surface area contributed by atoms with Crippen LogP contribution in [0.5, 0.6) is 0 Å². The monoisotopic (exact) mass is 367 g/mol. The minimum Gasteiger partial charge on any atom is -0.463 e. The van der Waals surface area contributed by atoms with Gasteiger partial charge < -0.3 is 9.73 Å². The lowest BCUT2D eigenvalue weighted by Crippen LogP contribution is -2.38. The number of benzene rings is 1. The zero-order valence-electron chi connectivity index (χ0n) is 12.7. The third kappa shape index (κ3) is 4.30. The van der Waals surface area contributed by atoms with Gasteiger partial charge in [-0.15, -0.1) is 5.10 Å². The van der Waals surface area contributed by atoms with Crippen molar-refractivity contribution in [2.45, 2.75) is 17.8 Å². The first kappa shape index (κ1) is 17.3. The molecule has 1 amide bonds. The number of thioether (sulfide) groups is 1. The lowest BCUT2D eigenvalue weighted by atomic mass is 10.2. The van der Waals surface area contributed by atoms with E-state index in [1.165, 1.54) is 18.4 Å². The van der Waals surface area contributed by atoms with E-state index in [4.69, 9.17) is 4.42 Å². The van der Waals surface area contributed by atoms with Crippen molar-refractivity contribution in [1.82, 2.24) is 0 Å². The van der Waals surface area contributed by atoms with Crippen molar-refractivity contribution >= 4 is 34.1 Å². The van der Waals surface area contributed by atoms with Gasteiger partial charge in [-0.1, -0.05) is 30.0 Å². The average Bonchev–Trinajstić information content (AvgIpc) is 3.23. The summed E-state index contributed by atoms with van der Waals surface area (Å²) >= 11 is 0.344. The van der Waals surface area contributed by atoms with Gasteiger partial charge in [0.15, 0.2) is 5.25 Å². The number of furan rings is 1. The maximum atomic E-state index is 13.3. The third-order valence-corrected chi connectivity index (χ3v) is 4.45. The van der Waals surface area contributed by atoms with Gasteiger partial charge in [0.1, 0.15) is 16.5 Å². The minimum atomic E-state index is -4.72.